The average molecular weight is 362 g/mol. The van der Waals surface area contributed by atoms with Gasteiger partial charge in [-0.25, -0.2) is 4.79 Å². The quantitative estimate of drug-likeness (QED) is 0.786. The van der Waals surface area contributed by atoms with E-state index in [4.69, 9.17) is 19.1 Å². The fraction of sp³-hybridized carbons (Fsp3) is 0.474. The molecule has 1 aromatic carbocycles. The van der Waals surface area contributed by atoms with Crippen LogP contribution in [0.15, 0.2) is 34.9 Å². The van der Waals surface area contributed by atoms with Gasteiger partial charge in [0.2, 0.25) is 0 Å². The number of benzene rings is 1. The Hall–Kier alpha value is -2.54. The number of nitrogens with one attached hydrogen (secondary N) is 1. The van der Waals surface area contributed by atoms with Gasteiger partial charge in [-0.15, -0.1) is 0 Å². The van der Waals surface area contributed by atoms with E-state index in [2.05, 4.69) is 10.5 Å². The number of aliphatic hydroxyl groups excluding tert-OH is 1. The zero-order valence-corrected chi connectivity index (χ0v) is 15.6. The van der Waals surface area contributed by atoms with Crippen LogP contribution in [0.1, 0.15) is 43.8 Å². The molecule has 1 atom stereocenters. The van der Waals surface area contributed by atoms with Crippen LogP contribution < -0.4 is 10.1 Å². The molecule has 0 bridgehead atoms. The Morgan fingerprint density at radius 1 is 1.31 bits per heavy atom. The van der Waals surface area contributed by atoms with Crippen LogP contribution in [0.3, 0.4) is 0 Å². The maximum atomic E-state index is 12.2. The van der Waals surface area contributed by atoms with Gasteiger partial charge in [0.05, 0.1) is 18.8 Å². The molecular formula is C19H26N2O5. The molecule has 2 rings (SSSR count). The molecule has 0 spiro atoms. The Morgan fingerprint density at radius 3 is 2.58 bits per heavy atom. The number of ether oxygens (including phenoxy) is 2. The zero-order valence-electron chi connectivity index (χ0n) is 15.6. The molecule has 0 aliphatic heterocycles. The maximum absolute atomic E-state index is 12.2. The number of hydrogen-bond donors (Lipinski definition) is 2. The van der Waals surface area contributed by atoms with E-state index in [0.717, 1.165) is 11.3 Å². The van der Waals surface area contributed by atoms with Crippen molar-refractivity contribution in [3.63, 3.8) is 0 Å². The molecule has 0 aliphatic rings. The third-order valence-corrected chi connectivity index (χ3v) is 3.58. The van der Waals surface area contributed by atoms with Gasteiger partial charge in [-0.1, -0.05) is 17.3 Å². The average Bonchev–Trinajstić information content (AvgIpc) is 3.02. The van der Waals surface area contributed by atoms with E-state index < -0.39 is 17.7 Å². The number of amides is 1. The van der Waals surface area contributed by atoms with Crippen molar-refractivity contribution in [3.05, 3.63) is 47.3 Å². The van der Waals surface area contributed by atoms with Crippen molar-refractivity contribution >= 4 is 6.09 Å². The molecule has 0 fully saturated rings. The lowest BCUT2D eigenvalue weighted by Crippen LogP contribution is -2.35. The van der Waals surface area contributed by atoms with Crippen LogP contribution in [0.25, 0.3) is 0 Å². The first-order valence-corrected chi connectivity index (χ1v) is 8.49. The molecule has 2 aromatic rings. The van der Waals surface area contributed by atoms with Crippen molar-refractivity contribution in [3.8, 4) is 5.75 Å². The van der Waals surface area contributed by atoms with E-state index >= 15 is 0 Å². The van der Waals surface area contributed by atoms with Gasteiger partial charge >= 0.3 is 6.09 Å². The smallest absolute Gasteiger partial charge is 0.408 e. The van der Waals surface area contributed by atoms with Crippen molar-refractivity contribution < 1.29 is 23.9 Å². The fourth-order valence-electron chi connectivity index (χ4n) is 2.39. The summed E-state index contributed by atoms with van der Waals surface area (Å²) in [7, 11) is 1.61. The number of nitrogens with zero attached hydrogens (tertiary/aromatic N) is 1. The lowest BCUT2D eigenvalue weighted by molar-refractivity contribution is 0.0495. The predicted molar refractivity (Wildman–Crippen MR) is 96.1 cm³/mol. The third kappa shape index (κ3) is 6.07. The molecule has 7 nitrogen and oxygen atoms in total. The highest BCUT2D eigenvalue weighted by Crippen LogP contribution is 2.22. The second-order valence-corrected chi connectivity index (χ2v) is 6.95. The molecule has 0 aliphatic carbocycles. The molecule has 0 radical (unpaired) electrons. The van der Waals surface area contributed by atoms with Crippen LogP contribution in [0, 0.1) is 0 Å². The number of carbonyl (C=O) groups excluding carboxylic acids is 1. The summed E-state index contributed by atoms with van der Waals surface area (Å²) in [5.41, 5.74) is 1.03. The number of methoxy groups -OCH3 is 1. The number of carbonyl (C=O) groups is 1. The van der Waals surface area contributed by atoms with Gasteiger partial charge in [0.1, 0.15) is 11.4 Å². The molecule has 1 aromatic heterocycles. The first-order valence-electron chi connectivity index (χ1n) is 8.49. The van der Waals surface area contributed by atoms with E-state index in [9.17, 15) is 4.79 Å². The summed E-state index contributed by atoms with van der Waals surface area (Å²) >= 11 is 0. The Morgan fingerprint density at radius 2 is 2.00 bits per heavy atom. The normalized spacial score (nSPS) is 12.5. The first-order chi connectivity index (χ1) is 12.3. The highest BCUT2D eigenvalue weighted by atomic mass is 16.6. The largest absolute Gasteiger partial charge is 0.497 e. The van der Waals surface area contributed by atoms with Gasteiger partial charge in [0, 0.05) is 25.5 Å². The van der Waals surface area contributed by atoms with Crippen molar-refractivity contribution in [1.29, 1.82) is 0 Å². The maximum Gasteiger partial charge on any atom is 0.408 e. The standard InChI is InChI=1S/C19H26N2O5/c1-19(2,3)25-18(23)20-16(17-12-14(9-10-22)21-26-17)11-13-5-7-15(24-4)8-6-13/h5-8,12,16,22H,9-11H2,1-4H3,(H,20,23)/t16-/m0/s1. The molecule has 2 N–H and O–H groups in total. The van der Waals surface area contributed by atoms with Crippen LogP contribution in [-0.4, -0.2) is 35.7 Å². The second-order valence-electron chi connectivity index (χ2n) is 6.95. The molecule has 7 heteroatoms. The van der Waals surface area contributed by atoms with E-state index in [-0.39, 0.29) is 6.61 Å². The van der Waals surface area contributed by atoms with Crippen molar-refractivity contribution in [1.82, 2.24) is 10.5 Å². The molecule has 1 heterocycles. The number of rotatable bonds is 7. The Labute approximate surface area is 153 Å². The lowest BCUT2D eigenvalue weighted by atomic mass is 10.0. The van der Waals surface area contributed by atoms with E-state index in [1.807, 2.05) is 24.3 Å². The second kappa shape index (κ2) is 8.71. The first kappa shape index (κ1) is 19.8. The number of aliphatic hydroxyl groups is 1. The Balaban J connectivity index is 2.17. The molecule has 142 valence electrons. The van der Waals surface area contributed by atoms with E-state index in [1.165, 1.54) is 0 Å². The summed E-state index contributed by atoms with van der Waals surface area (Å²) in [5.74, 6) is 1.27. The minimum absolute atomic E-state index is 0.0192. The van der Waals surface area contributed by atoms with Crippen LogP contribution in [0.2, 0.25) is 0 Å². The fourth-order valence-corrected chi connectivity index (χ4v) is 2.39. The highest BCUT2D eigenvalue weighted by Gasteiger charge is 2.24. The predicted octanol–water partition coefficient (Wildman–Crippen LogP) is 3.03. The van der Waals surface area contributed by atoms with Gasteiger partial charge in [-0.2, -0.15) is 0 Å². The topological polar surface area (TPSA) is 93.8 Å². The van der Waals surface area contributed by atoms with Crippen molar-refractivity contribution in [2.75, 3.05) is 13.7 Å². The number of alkyl carbamates (subject to hydrolysis) is 1. The highest BCUT2D eigenvalue weighted by molar-refractivity contribution is 5.68. The lowest BCUT2D eigenvalue weighted by Gasteiger charge is -2.22. The van der Waals surface area contributed by atoms with Crippen LogP contribution in [0.4, 0.5) is 4.79 Å². The summed E-state index contributed by atoms with van der Waals surface area (Å²) in [6, 6.07) is 8.86. The minimum Gasteiger partial charge on any atom is -0.497 e. The summed E-state index contributed by atoms with van der Waals surface area (Å²) in [6.07, 6.45) is 0.360. The molecular weight excluding hydrogens is 336 g/mol. The summed E-state index contributed by atoms with van der Waals surface area (Å²) in [6.45, 7) is 5.39. The molecule has 0 unspecified atom stereocenters. The SMILES string of the molecule is COc1ccc(C[C@H](NC(=O)OC(C)(C)C)c2cc(CCO)no2)cc1. The summed E-state index contributed by atoms with van der Waals surface area (Å²) < 4.78 is 15.9. The van der Waals surface area contributed by atoms with E-state index in [0.29, 0.717) is 24.3 Å². The molecule has 0 saturated carbocycles. The number of aromatic nitrogens is 1. The Bertz CT molecular complexity index is 703. The van der Waals surface area contributed by atoms with Crippen molar-refractivity contribution in [2.45, 2.75) is 45.3 Å². The van der Waals surface area contributed by atoms with Gasteiger partial charge in [-0.05, 0) is 38.5 Å². The Kier molecular flexibility index (Phi) is 6.63. The monoisotopic (exact) mass is 362 g/mol. The van der Waals surface area contributed by atoms with Gasteiger partial charge in [-0.3, -0.25) is 0 Å². The van der Waals surface area contributed by atoms with Gasteiger partial charge < -0.3 is 24.4 Å². The van der Waals surface area contributed by atoms with Crippen LogP contribution >= 0.6 is 0 Å². The third-order valence-electron chi connectivity index (χ3n) is 3.58. The van der Waals surface area contributed by atoms with Crippen LogP contribution in [-0.2, 0) is 17.6 Å². The van der Waals surface area contributed by atoms with Crippen LogP contribution in [0.5, 0.6) is 5.75 Å². The molecule has 0 saturated heterocycles. The van der Waals surface area contributed by atoms with Crippen molar-refractivity contribution in [2.24, 2.45) is 0 Å². The summed E-state index contributed by atoms with van der Waals surface area (Å²) in [4.78, 5) is 12.2. The minimum atomic E-state index is -0.599. The molecule has 26 heavy (non-hydrogen) atoms. The molecule has 1 amide bonds. The summed E-state index contributed by atoms with van der Waals surface area (Å²) in [5, 5.41) is 15.8. The number of hydrogen-bond acceptors (Lipinski definition) is 6. The van der Waals surface area contributed by atoms with Gasteiger partial charge in [0.15, 0.2) is 5.76 Å². The van der Waals surface area contributed by atoms with E-state index in [1.54, 1.807) is 33.9 Å². The van der Waals surface area contributed by atoms with Gasteiger partial charge in [0.25, 0.3) is 0 Å². The zero-order chi connectivity index (χ0) is 19.2.